The lowest BCUT2D eigenvalue weighted by Gasteiger charge is -2.38. The molecule has 0 radical (unpaired) electrons. The molecule has 1 aromatic rings. The third-order valence-corrected chi connectivity index (χ3v) is 5.78. The van der Waals surface area contributed by atoms with E-state index in [0.29, 0.717) is 36.6 Å². The van der Waals surface area contributed by atoms with Crippen LogP contribution in [0.1, 0.15) is 30.7 Å². The fraction of sp³-hybridized carbons (Fsp3) is 0.611. The van der Waals surface area contributed by atoms with Crippen LogP contribution in [-0.4, -0.2) is 53.7 Å². The van der Waals surface area contributed by atoms with Gasteiger partial charge in [-0.2, -0.15) is 0 Å². The Morgan fingerprint density at radius 3 is 2.50 bits per heavy atom. The normalized spacial score (nSPS) is 37.6. The number of benzene rings is 1. The molecule has 5 unspecified atom stereocenters. The van der Waals surface area contributed by atoms with Crippen molar-refractivity contribution in [1.29, 1.82) is 0 Å². The fourth-order valence-electron chi connectivity index (χ4n) is 4.52. The number of carbonyl (C=O) groups excluding carboxylic acids is 1. The molecule has 5 atom stereocenters. The smallest absolute Gasteiger partial charge is 0.142 e. The van der Waals surface area contributed by atoms with Gasteiger partial charge in [-0.25, -0.2) is 0 Å². The molecule has 4 nitrogen and oxygen atoms in total. The van der Waals surface area contributed by atoms with E-state index in [0.717, 1.165) is 18.4 Å². The number of hydrogen-bond acceptors (Lipinski definition) is 4. The molecule has 0 amide bonds. The molecule has 0 aliphatic carbocycles. The van der Waals surface area contributed by atoms with Gasteiger partial charge in [0, 0.05) is 18.5 Å². The number of likely N-dealkylation sites (N-methyl/N-ethyl adjacent to an activating group) is 1. The predicted molar refractivity (Wildman–Crippen MR) is 82.6 cm³/mol. The van der Waals surface area contributed by atoms with Crippen LogP contribution < -0.4 is 0 Å². The molecule has 22 heavy (non-hydrogen) atoms. The van der Waals surface area contributed by atoms with E-state index in [9.17, 15) is 9.90 Å². The minimum Gasteiger partial charge on any atom is -0.395 e. The first-order chi connectivity index (χ1) is 10.7. The number of piperidine rings is 1. The second-order valence-electron chi connectivity index (χ2n) is 7.02. The highest BCUT2D eigenvalue weighted by Gasteiger charge is 2.62. The Morgan fingerprint density at radius 1 is 1.27 bits per heavy atom. The first-order valence-corrected chi connectivity index (χ1v) is 8.25. The van der Waals surface area contributed by atoms with Crippen LogP contribution in [0.15, 0.2) is 30.3 Å². The van der Waals surface area contributed by atoms with Crippen LogP contribution in [0.25, 0.3) is 0 Å². The Labute approximate surface area is 131 Å². The summed E-state index contributed by atoms with van der Waals surface area (Å²) in [5, 5.41) is 9.64. The molecule has 118 valence electrons. The van der Waals surface area contributed by atoms with Gasteiger partial charge in [-0.3, -0.25) is 9.69 Å². The van der Waals surface area contributed by atoms with E-state index in [-0.39, 0.29) is 18.3 Å². The summed E-state index contributed by atoms with van der Waals surface area (Å²) in [6, 6.07) is 10.6. The van der Waals surface area contributed by atoms with Gasteiger partial charge in [0.15, 0.2) is 0 Å². The first kappa shape index (κ1) is 14.4. The number of Topliss-reactive ketones (excluding diaryl/α,β-unsaturated/α-hetero) is 1. The van der Waals surface area contributed by atoms with Crippen molar-refractivity contribution in [3.8, 4) is 0 Å². The van der Waals surface area contributed by atoms with Crippen molar-refractivity contribution < 1.29 is 14.6 Å². The van der Waals surface area contributed by atoms with E-state index < -0.39 is 0 Å². The highest BCUT2D eigenvalue weighted by Crippen LogP contribution is 2.49. The Morgan fingerprint density at radius 2 is 1.91 bits per heavy atom. The van der Waals surface area contributed by atoms with Gasteiger partial charge in [-0.1, -0.05) is 30.3 Å². The lowest BCUT2D eigenvalue weighted by atomic mass is 9.82. The standard InChI is InChI=1S/C18H23NO3/c1-19-14-7-11(8-15(19)18-17(14)22-18)9-16(21)13(10-20)12-5-3-2-4-6-12/h2-6,11,13-15,17-18,20H,7-10H2,1H3. The SMILES string of the molecule is CN1C2CC(CC(=O)C(CO)c3ccccc3)CC1C1OC12. The van der Waals surface area contributed by atoms with Crippen molar-refractivity contribution in [2.45, 2.75) is 49.5 Å². The highest BCUT2D eigenvalue weighted by atomic mass is 16.6. The monoisotopic (exact) mass is 301 g/mol. The van der Waals surface area contributed by atoms with Gasteiger partial charge in [0.05, 0.1) is 12.5 Å². The third-order valence-electron chi connectivity index (χ3n) is 5.78. The number of ether oxygens (including phenoxy) is 1. The number of nitrogens with zero attached hydrogens (tertiary/aromatic N) is 1. The van der Waals surface area contributed by atoms with Gasteiger partial charge in [0.2, 0.25) is 0 Å². The summed E-state index contributed by atoms with van der Waals surface area (Å²) in [4.78, 5) is 15.1. The summed E-state index contributed by atoms with van der Waals surface area (Å²) in [6.45, 7) is -0.101. The molecule has 0 saturated carbocycles. The van der Waals surface area contributed by atoms with E-state index in [1.807, 2.05) is 30.3 Å². The van der Waals surface area contributed by atoms with Crippen molar-refractivity contribution in [2.75, 3.05) is 13.7 Å². The summed E-state index contributed by atoms with van der Waals surface area (Å²) >= 11 is 0. The van der Waals surface area contributed by atoms with E-state index in [2.05, 4.69) is 11.9 Å². The van der Waals surface area contributed by atoms with Crippen molar-refractivity contribution in [3.05, 3.63) is 35.9 Å². The van der Waals surface area contributed by atoms with E-state index in [4.69, 9.17) is 4.74 Å². The summed E-state index contributed by atoms with van der Waals surface area (Å²) in [6.07, 6.45) is 3.51. The number of rotatable bonds is 5. The topological polar surface area (TPSA) is 53.1 Å². The van der Waals surface area contributed by atoms with E-state index >= 15 is 0 Å². The number of epoxide rings is 1. The maximum absolute atomic E-state index is 12.6. The summed E-state index contributed by atoms with van der Waals surface area (Å²) in [7, 11) is 2.18. The van der Waals surface area contributed by atoms with Crippen molar-refractivity contribution in [3.63, 3.8) is 0 Å². The predicted octanol–water partition coefficient (Wildman–Crippen LogP) is 1.58. The average Bonchev–Trinajstić information content (AvgIpc) is 3.27. The Balaban J connectivity index is 1.42. The minimum atomic E-state index is -0.371. The van der Waals surface area contributed by atoms with Crippen LogP contribution in [0.4, 0.5) is 0 Å². The van der Waals surface area contributed by atoms with Crippen LogP contribution in [0.5, 0.6) is 0 Å². The van der Waals surface area contributed by atoms with Gasteiger partial charge in [0.1, 0.15) is 18.0 Å². The molecule has 1 aromatic carbocycles. The Kier molecular flexibility index (Phi) is 3.56. The van der Waals surface area contributed by atoms with Gasteiger partial charge in [0.25, 0.3) is 0 Å². The number of carbonyl (C=O) groups is 1. The number of morpholine rings is 1. The molecule has 3 aliphatic rings. The second-order valence-corrected chi connectivity index (χ2v) is 7.02. The Hall–Kier alpha value is -1.23. The fourth-order valence-corrected chi connectivity index (χ4v) is 4.52. The van der Waals surface area contributed by atoms with Crippen LogP contribution in [-0.2, 0) is 9.53 Å². The van der Waals surface area contributed by atoms with Gasteiger partial charge < -0.3 is 9.84 Å². The molecular weight excluding hydrogens is 278 g/mol. The van der Waals surface area contributed by atoms with Crippen molar-refractivity contribution in [2.24, 2.45) is 5.92 Å². The Bertz CT molecular complexity index is 543. The number of ketones is 1. The van der Waals surface area contributed by atoms with Crippen molar-refractivity contribution in [1.82, 2.24) is 4.90 Å². The molecule has 3 heterocycles. The highest BCUT2D eigenvalue weighted by molar-refractivity contribution is 5.86. The molecule has 1 N–H and O–H groups in total. The number of aliphatic hydroxyl groups is 1. The molecule has 4 rings (SSSR count). The quantitative estimate of drug-likeness (QED) is 0.839. The van der Waals surface area contributed by atoms with Gasteiger partial charge in [-0.15, -0.1) is 0 Å². The van der Waals surface area contributed by atoms with Crippen LogP contribution in [0.3, 0.4) is 0 Å². The zero-order chi connectivity index (χ0) is 15.3. The summed E-state index contributed by atoms with van der Waals surface area (Å²) < 4.78 is 5.71. The number of aliphatic hydroxyl groups excluding tert-OH is 1. The summed E-state index contributed by atoms with van der Waals surface area (Å²) in [5.74, 6) is 0.245. The molecule has 3 saturated heterocycles. The molecule has 0 aromatic heterocycles. The van der Waals surface area contributed by atoms with Crippen molar-refractivity contribution >= 4 is 5.78 Å². The molecule has 3 aliphatic heterocycles. The largest absolute Gasteiger partial charge is 0.395 e. The summed E-state index contributed by atoms with van der Waals surface area (Å²) in [5.41, 5.74) is 0.928. The number of fused-ring (bicyclic) bond motifs is 5. The van der Waals surface area contributed by atoms with E-state index in [1.165, 1.54) is 0 Å². The maximum atomic E-state index is 12.6. The minimum absolute atomic E-state index is 0.101. The van der Waals surface area contributed by atoms with Crippen LogP contribution in [0, 0.1) is 5.92 Å². The molecule has 3 fully saturated rings. The molecule has 4 heteroatoms. The zero-order valence-corrected chi connectivity index (χ0v) is 12.9. The lowest BCUT2D eigenvalue weighted by molar-refractivity contribution is -0.123. The molecule has 2 bridgehead atoms. The second kappa shape index (κ2) is 5.44. The van der Waals surface area contributed by atoms with Gasteiger partial charge in [-0.05, 0) is 31.4 Å². The molecular formula is C18H23NO3. The molecule has 0 spiro atoms. The van der Waals surface area contributed by atoms with Crippen LogP contribution in [0.2, 0.25) is 0 Å². The zero-order valence-electron chi connectivity index (χ0n) is 12.9. The number of hydrogen-bond donors (Lipinski definition) is 1. The average molecular weight is 301 g/mol. The maximum Gasteiger partial charge on any atom is 0.142 e. The lowest BCUT2D eigenvalue weighted by Crippen LogP contribution is -2.45. The van der Waals surface area contributed by atoms with Crippen LogP contribution >= 0.6 is 0 Å². The van der Waals surface area contributed by atoms with Gasteiger partial charge >= 0.3 is 0 Å². The van der Waals surface area contributed by atoms with E-state index in [1.54, 1.807) is 0 Å². The third kappa shape index (κ3) is 2.30. The first-order valence-electron chi connectivity index (χ1n) is 8.25.